The van der Waals surface area contributed by atoms with E-state index in [0.29, 0.717) is 0 Å². The molecule has 0 spiro atoms. The minimum Gasteiger partial charge on any atom is -0.445 e. The number of hydrazine groups is 1. The van der Waals surface area contributed by atoms with E-state index in [-0.39, 0.29) is 15.1 Å². The van der Waals surface area contributed by atoms with Crippen LogP contribution in [-0.4, -0.2) is 31.1 Å². The van der Waals surface area contributed by atoms with E-state index in [1.54, 1.807) is 51.1 Å². The number of nitrogens with one attached hydrogen (secondary N) is 1. The molecule has 0 saturated heterocycles. The molecule has 2 rings (SSSR count). The normalized spacial score (nSPS) is 11.0. The van der Waals surface area contributed by atoms with E-state index in [4.69, 9.17) is 9.47 Å². The Bertz CT molecular complexity index is 895. The number of carbonyl (C=O) groups excluding carboxylic acids is 2. The van der Waals surface area contributed by atoms with Gasteiger partial charge >= 0.3 is 12.2 Å². The number of para-hydroxylation sites is 1. The molecular weight excluding hydrogens is 372 g/mol. The van der Waals surface area contributed by atoms with Gasteiger partial charge < -0.3 is 9.47 Å². The minimum atomic E-state index is -4.40. The van der Waals surface area contributed by atoms with Crippen LogP contribution in [0.4, 0.5) is 9.59 Å². The second kappa shape index (κ2) is 8.54. The number of ether oxygens (including phenoxy) is 2. The fourth-order valence-electron chi connectivity index (χ4n) is 1.97. The number of nitrogens with zero attached hydrogens (tertiary/aromatic N) is 1. The quantitative estimate of drug-likeness (QED) is 0.802. The van der Waals surface area contributed by atoms with E-state index in [0.717, 1.165) is 5.56 Å². The highest BCUT2D eigenvalue weighted by atomic mass is 32.2. The first-order valence-corrected chi connectivity index (χ1v) is 9.50. The van der Waals surface area contributed by atoms with Gasteiger partial charge in [-0.3, -0.25) is 0 Å². The summed E-state index contributed by atoms with van der Waals surface area (Å²) in [4.78, 5) is 24.2. The first-order chi connectivity index (χ1) is 12.7. The average molecular weight is 392 g/mol. The molecule has 0 aliphatic carbocycles. The Hall–Kier alpha value is -3.07. The van der Waals surface area contributed by atoms with Crippen LogP contribution in [0.25, 0.3) is 0 Å². The second-order valence-corrected chi connectivity index (χ2v) is 7.62. The molecule has 0 aliphatic heterocycles. The highest BCUT2D eigenvalue weighted by Crippen LogP contribution is 2.17. The van der Waals surface area contributed by atoms with E-state index < -0.39 is 28.3 Å². The molecule has 0 unspecified atom stereocenters. The summed E-state index contributed by atoms with van der Waals surface area (Å²) < 4.78 is 35.7. The van der Waals surface area contributed by atoms with E-state index >= 15 is 0 Å². The van der Waals surface area contributed by atoms with Crippen molar-refractivity contribution in [1.29, 1.82) is 0 Å². The molecule has 9 heteroatoms. The predicted molar refractivity (Wildman–Crippen MR) is 97.4 cm³/mol. The SMILES string of the molecule is Cc1ccc(S(=O)(=O)N(NC(=O)Oc2ccccc2)C(=O)OC(C)C)cc1. The number of carbonyl (C=O) groups is 2. The number of amides is 2. The summed E-state index contributed by atoms with van der Waals surface area (Å²) >= 11 is 0. The van der Waals surface area contributed by atoms with Crippen molar-refractivity contribution in [2.45, 2.75) is 31.8 Å². The van der Waals surface area contributed by atoms with Crippen molar-refractivity contribution in [3.8, 4) is 5.75 Å². The zero-order chi connectivity index (χ0) is 20.0. The van der Waals surface area contributed by atoms with Gasteiger partial charge in [0.1, 0.15) is 5.75 Å². The van der Waals surface area contributed by atoms with Crippen molar-refractivity contribution < 1.29 is 27.5 Å². The van der Waals surface area contributed by atoms with E-state index in [1.165, 1.54) is 24.3 Å². The molecule has 0 aromatic heterocycles. The van der Waals surface area contributed by atoms with Gasteiger partial charge in [0.2, 0.25) is 0 Å². The molecule has 0 bridgehead atoms. The van der Waals surface area contributed by atoms with Gasteiger partial charge in [-0.15, -0.1) is 4.41 Å². The van der Waals surface area contributed by atoms with Crippen LogP contribution in [0.5, 0.6) is 5.75 Å². The summed E-state index contributed by atoms with van der Waals surface area (Å²) in [6.45, 7) is 4.89. The molecule has 27 heavy (non-hydrogen) atoms. The molecule has 2 aromatic rings. The zero-order valence-electron chi connectivity index (χ0n) is 15.1. The topological polar surface area (TPSA) is 102 Å². The van der Waals surface area contributed by atoms with Crippen molar-refractivity contribution in [3.05, 3.63) is 60.2 Å². The lowest BCUT2D eigenvalue weighted by molar-refractivity contribution is 0.0856. The number of benzene rings is 2. The van der Waals surface area contributed by atoms with Gasteiger partial charge in [0, 0.05) is 0 Å². The standard InChI is InChI=1S/C18H20N2O6S/c1-13(2)25-18(22)20(19-17(21)26-15-7-5-4-6-8-15)27(23,24)16-11-9-14(3)10-12-16/h4-13H,1-3H3,(H,19,21). The number of hydrogen-bond donors (Lipinski definition) is 1. The Labute approximate surface area is 157 Å². The maximum absolute atomic E-state index is 12.8. The molecule has 0 radical (unpaired) electrons. The largest absolute Gasteiger partial charge is 0.445 e. The number of sulfonamides is 1. The molecule has 0 heterocycles. The Morgan fingerprint density at radius 3 is 2.15 bits per heavy atom. The maximum Gasteiger partial charge on any atom is 0.443 e. The fourth-order valence-corrected chi connectivity index (χ4v) is 3.10. The molecule has 1 N–H and O–H groups in total. The van der Waals surface area contributed by atoms with Crippen LogP contribution >= 0.6 is 0 Å². The van der Waals surface area contributed by atoms with E-state index in [9.17, 15) is 18.0 Å². The highest BCUT2D eigenvalue weighted by Gasteiger charge is 2.33. The molecular formula is C18H20N2O6S. The zero-order valence-corrected chi connectivity index (χ0v) is 15.9. The van der Waals surface area contributed by atoms with Crippen LogP contribution in [0.3, 0.4) is 0 Å². The smallest absolute Gasteiger partial charge is 0.443 e. The first kappa shape index (κ1) is 20.2. The predicted octanol–water partition coefficient (Wildman–Crippen LogP) is 3.23. The minimum absolute atomic E-state index is 0.128. The van der Waals surface area contributed by atoms with E-state index in [2.05, 4.69) is 0 Å². The third-order valence-electron chi connectivity index (χ3n) is 3.21. The van der Waals surface area contributed by atoms with Crippen LogP contribution in [0.2, 0.25) is 0 Å². The molecule has 2 amide bonds. The van der Waals surface area contributed by atoms with Crippen LogP contribution in [0, 0.1) is 6.92 Å². The Morgan fingerprint density at radius 2 is 1.59 bits per heavy atom. The summed E-state index contributed by atoms with van der Waals surface area (Å²) in [6, 6.07) is 13.8. The molecule has 2 aromatic carbocycles. The lowest BCUT2D eigenvalue weighted by Crippen LogP contribution is -2.51. The van der Waals surface area contributed by atoms with Gasteiger partial charge in [0.15, 0.2) is 0 Å². The number of hydrogen-bond acceptors (Lipinski definition) is 6. The van der Waals surface area contributed by atoms with Crippen molar-refractivity contribution in [1.82, 2.24) is 9.84 Å². The number of rotatable bonds is 4. The van der Waals surface area contributed by atoms with Gasteiger partial charge in [0.05, 0.1) is 11.0 Å². The van der Waals surface area contributed by atoms with Gasteiger partial charge in [-0.25, -0.2) is 15.0 Å². The lowest BCUT2D eigenvalue weighted by Gasteiger charge is -2.23. The summed E-state index contributed by atoms with van der Waals surface area (Å²) in [7, 11) is -4.40. The van der Waals surface area contributed by atoms with Gasteiger partial charge in [0.25, 0.3) is 10.0 Å². The first-order valence-electron chi connectivity index (χ1n) is 8.06. The van der Waals surface area contributed by atoms with Gasteiger partial charge in [-0.05, 0) is 45.0 Å². The van der Waals surface area contributed by atoms with Crippen molar-refractivity contribution in [2.24, 2.45) is 0 Å². The van der Waals surface area contributed by atoms with Crippen molar-refractivity contribution in [2.75, 3.05) is 0 Å². The van der Waals surface area contributed by atoms with Crippen LogP contribution in [0.1, 0.15) is 19.4 Å². The van der Waals surface area contributed by atoms with Crippen LogP contribution in [0.15, 0.2) is 59.5 Å². The molecule has 0 aliphatic rings. The van der Waals surface area contributed by atoms with Crippen LogP contribution < -0.4 is 10.2 Å². The summed E-state index contributed by atoms with van der Waals surface area (Å²) in [5.41, 5.74) is 2.77. The van der Waals surface area contributed by atoms with Gasteiger partial charge in [-0.1, -0.05) is 35.9 Å². The molecule has 8 nitrogen and oxygen atoms in total. The van der Waals surface area contributed by atoms with Crippen molar-refractivity contribution in [3.63, 3.8) is 0 Å². The monoisotopic (exact) mass is 392 g/mol. The van der Waals surface area contributed by atoms with Crippen LogP contribution in [-0.2, 0) is 14.8 Å². The van der Waals surface area contributed by atoms with Crippen molar-refractivity contribution >= 4 is 22.2 Å². The fraction of sp³-hybridized carbons (Fsp3) is 0.222. The third-order valence-corrected chi connectivity index (χ3v) is 4.80. The summed E-state index contributed by atoms with van der Waals surface area (Å²) in [6.07, 6.45) is -3.01. The Morgan fingerprint density at radius 1 is 1.00 bits per heavy atom. The summed E-state index contributed by atoms with van der Waals surface area (Å²) in [5, 5.41) is 0. The maximum atomic E-state index is 12.8. The van der Waals surface area contributed by atoms with E-state index in [1.807, 2.05) is 5.43 Å². The molecule has 0 atom stereocenters. The number of aryl methyl sites for hydroxylation is 1. The average Bonchev–Trinajstić information content (AvgIpc) is 2.60. The third kappa shape index (κ3) is 5.45. The highest BCUT2D eigenvalue weighted by molar-refractivity contribution is 7.89. The molecule has 144 valence electrons. The lowest BCUT2D eigenvalue weighted by atomic mass is 10.2. The summed E-state index contributed by atoms with van der Waals surface area (Å²) in [5.74, 6) is 0.180. The second-order valence-electron chi connectivity index (χ2n) is 5.83. The Balaban J connectivity index is 2.29. The molecule has 0 saturated carbocycles. The van der Waals surface area contributed by atoms with Gasteiger partial charge in [-0.2, -0.15) is 8.42 Å². The Kier molecular flexibility index (Phi) is 6.40. The molecule has 0 fully saturated rings.